The fourth-order valence-electron chi connectivity index (χ4n) is 1.55. The average Bonchev–Trinajstić information content (AvgIpc) is 2.65. The maximum atomic E-state index is 11.0. The van der Waals surface area contributed by atoms with E-state index in [9.17, 15) is 15.0 Å². The van der Waals surface area contributed by atoms with Crippen molar-refractivity contribution in [2.45, 2.75) is 13.0 Å². The zero-order valence-corrected chi connectivity index (χ0v) is 9.45. The third-order valence-corrected chi connectivity index (χ3v) is 2.40. The fourth-order valence-corrected chi connectivity index (χ4v) is 1.55. The molecule has 4 N–H and O–H groups in total. The van der Waals surface area contributed by atoms with Gasteiger partial charge in [0, 0.05) is 12.3 Å². The predicted molar refractivity (Wildman–Crippen MR) is 58.6 cm³/mol. The highest BCUT2D eigenvalue weighted by Crippen LogP contribution is 2.43. The van der Waals surface area contributed by atoms with Crippen LogP contribution in [0.4, 0.5) is 5.88 Å². The summed E-state index contributed by atoms with van der Waals surface area (Å²) < 4.78 is 10.1. The van der Waals surface area contributed by atoms with Gasteiger partial charge in [0.15, 0.2) is 5.76 Å². The van der Waals surface area contributed by atoms with Crippen molar-refractivity contribution in [3.05, 3.63) is 18.0 Å². The summed E-state index contributed by atoms with van der Waals surface area (Å²) in [5, 5.41) is 30.6. The van der Waals surface area contributed by atoms with Crippen LogP contribution in [0.1, 0.15) is 5.76 Å². The Morgan fingerprint density at radius 3 is 2.89 bits per heavy atom. The second kappa shape index (κ2) is 4.59. The van der Waals surface area contributed by atoms with Crippen LogP contribution in [-0.4, -0.2) is 34.7 Å². The molecule has 1 aromatic heterocycles. The Bertz CT molecular complexity index is 495. The predicted octanol–water partition coefficient (Wildman–Crippen LogP) is -0.788. The third kappa shape index (κ3) is 1.87. The van der Waals surface area contributed by atoms with E-state index in [0.717, 1.165) is 4.90 Å². The molecule has 0 radical (unpaired) electrons. The molecule has 2 rings (SSSR count). The van der Waals surface area contributed by atoms with E-state index in [-0.39, 0.29) is 23.1 Å². The highest BCUT2D eigenvalue weighted by atomic mass is 16.5. The zero-order valence-electron chi connectivity index (χ0n) is 9.45. The van der Waals surface area contributed by atoms with E-state index >= 15 is 0 Å². The summed E-state index contributed by atoms with van der Waals surface area (Å²) in [4.78, 5) is 12.1. The van der Waals surface area contributed by atoms with Crippen LogP contribution in [0.3, 0.4) is 0 Å². The first kappa shape index (κ1) is 12.3. The SMILES string of the molecule is COc1c(N2C=CC(=O)NC2O)oc(CO)c1O. The van der Waals surface area contributed by atoms with Gasteiger partial charge in [0.05, 0.1) is 7.11 Å². The number of amides is 1. The molecule has 0 aliphatic carbocycles. The van der Waals surface area contributed by atoms with E-state index in [0.29, 0.717) is 0 Å². The summed E-state index contributed by atoms with van der Waals surface area (Å²) in [6.07, 6.45) is 1.09. The molecular formula is C10H12N2O6. The number of methoxy groups -OCH3 is 1. The van der Waals surface area contributed by atoms with E-state index in [2.05, 4.69) is 5.32 Å². The van der Waals surface area contributed by atoms with Gasteiger partial charge < -0.3 is 29.8 Å². The first-order chi connectivity index (χ1) is 8.58. The Labute approximate surface area is 102 Å². The number of hydrogen-bond acceptors (Lipinski definition) is 7. The number of rotatable bonds is 3. The zero-order chi connectivity index (χ0) is 13.3. The molecule has 18 heavy (non-hydrogen) atoms. The Balaban J connectivity index is 2.44. The molecular weight excluding hydrogens is 244 g/mol. The standard InChI is InChI=1S/C10H12N2O6/c1-17-8-7(15)5(4-13)18-9(8)12-3-2-6(14)11-10(12)16/h2-3,10,13,15-16H,4H2,1H3,(H,11,14). The van der Waals surface area contributed by atoms with Crippen LogP contribution in [0.2, 0.25) is 0 Å². The lowest BCUT2D eigenvalue weighted by Crippen LogP contribution is -2.48. The molecule has 8 nitrogen and oxygen atoms in total. The molecule has 1 aromatic rings. The molecule has 0 saturated carbocycles. The molecule has 0 saturated heterocycles. The Morgan fingerprint density at radius 1 is 1.61 bits per heavy atom. The molecule has 0 bridgehead atoms. The van der Waals surface area contributed by atoms with Gasteiger partial charge >= 0.3 is 0 Å². The van der Waals surface area contributed by atoms with Gasteiger partial charge in [-0.2, -0.15) is 0 Å². The van der Waals surface area contributed by atoms with E-state index in [1.54, 1.807) is 0 Å². The molecule has 1 amide bonds. The summed E-state index contributed by atoms with van der Waals surface area (Å²) in [6.45, 7) is -0.526. The number of carbonyl (C=O) groups excluding carboxylic acids is 1. The number of aliphatic hydroxyl groups excluding tert-OH is 2. The normalized spacial score (nSPS) is 18.9. The smallest absolute Gasteiger partial charge is 0.250 e. The van der Waals surface area contributed by atoms with Crippen molar-refractivity contribution in [3.8, 4) is 11.5 Å². The van der Waals surface area contributed by atoms with Gasteiger partial charge in [0.25, 0.3) is 0 Å². The third-order valence-electron chi connectivity index (χ3n) is 2.40. The second-order valence-electron chi connectivity index (χ2n) is 3.48. The van der Waals surface area contributed by atoms with Crippen LogP contribution in [0.5, 0.6) is 11.5 Å². The van der Waals surface area contributed by atoms with Crippen LogP contribution in [0.25, 0.3) is 0 Å². The first-order valence-corrected chi connectivity index (χ1v) is 5.03. The maximum absolute atomic E-state index is 11.0. The van der Waals surface area contributed by atoms with Gasteiger partial charge in [-0.05, 0) is 0 Å². The van der Waals surface area contributed by atoms with Crippen molar-refractivity contribution in [1.82, 2.24) is 5.32 Å². The lowest BCUT2D eigenvalue weighted by molar-refractivity contribution is -0.119. The number of furan rings is 1. The van der Waals surface area contributed by atoms with E-state index in [1.165, 1.54) is 19.4 Å². The fraction of sp³-hybridized carbons (Fsp3) is 0.300. The number of nitrogens with one attached hydrogen (secondary N) is 1. The summed E-state index contributed by atoms with van der Waals surface area (Å²) in [5.41, 5.74) is 0. The summed E-state index contributed by atoms with van der Waals surface area (Å²) in [5.74, 6) is -0.982. The Morgan fingerprint density at radius 2 is 2.33 bits per heavy atom. The number of aromatic hydroxyl groups is 1. The van der Waals surface area contributed by atoms with Crippen LogP contribution in [0, 0.1) is 0 Å². The highest BCUT2D eigenvalue weighted by Gasteiger charge is 2.29. The first-order valence-electron chi connectivity index (χ1n) is 5.03. The lowest BCUT2D eigenvalue weighted by atomic mass is 10.3. The molecule has 1 unspecified atom stereocenters. The largest absolute Gasteiger partial charge is 0.502 e. The van der Waals surface area contributed by atoms with Crippen LogP contribution in [0.15, 0.2) is 16.7 Å². The average molecular weight is 256 g/mol. The van der Waals surface area contributed by atoms with Crippen molar-refractivity contribution in [3.63, 3.8) is 0 Å². The lowest BCUT2D eigenvalue weighted by Gasteiger charge is -2.27. The highest BCUT2D eigenvalue weighted by molar-refractivity contribution is 5.89. The summed E-state index contributed by atoms with van der Waals surface area (Å²) in [6, 6.07) is 0. The monoisotopic (exact) mass is 256 g/mol. The minimum Gasteiger partial charge on any atom is -0.502 e. The van der Waals surface area contributed by atoms with Crippen molar-refractivity contribution < 1.29 is 29.3 Å². The topological polar surface area (TPSA) is 115 Å². The molecule has 0 fully saturated rings. The Hall–Kier alpha value is -2.19. The van der Waals surface area contributed by atoms with Gasteiger partial charge in [-0.1, -0.05) is 0 Å². The van der Waals surface area contributed by atoms with Gasteiger partial charge in [-0.3, -0.25) is 9.69 Å². The molecule has 98 valence electrons. The van der Waals surface area contributed by atoms with Crippen LogP contribution >= 0.6 is 0 Å². The quantitative estimate of drug-likeness (QED) is 0.560. The van der Waals surface area contributed by atoms with Crippen molar-refractivity contribution in [2.24, 2.45) is 0 Å². The second-order valence-corrected chi connectivity index (χ2v) is 3.48. The number of hydrogen-bond donors (Lipinski definition) is 4. The minimum atomic E-state index is -1.35. The van der Waals surface area contributed by atoms with Crippen molar-refractivity contribution in [1.29, 1.82) is 0 Å². The summed E-state index contributed by atoms with van der Waals surface area (Å²) >= 11 is 0. The minimum absolute atomic E-state index is 0.0252. The maximum Gasteiger partial charge on any atom is 0.250 e. The molecule has 8 heteroatoms. The molecule has 0 spiro atoms. The molecule has 1 atom stereocenters. The van der Waals surface area contributed by atoms with Gasteiger partial charge in [-0.15, -0.1) is 0 Å². The van der Waals surface area contributed by atoms with Gasteiger partial charge in [0.2, 0.25) is 29.6 Å². The molecule has 1 aliphatic rings. The van der Waals surface area contributed by atoms with Gasteiger partial charge in [0.1, 0.15) is 6.61 Å². The van der Waals surface area contributed by atoms with E-state index in [1.807, 2.05) is 0 Å². The van der Waals surface area contributed by atoms with Crippen LogP contribution < -0.4 is 15.0 Å². The van der Waals surface area contributed by atoms with Crippen LogP contribution in [-0.2, 0) is 11.4 Å². The number of ether oxygens (including phenoxy) is 1. The van der Waals surface area contributed by atoms with Crippen molar-refractivity contribution in [2.75, 3.05) is 12.0 Å². The summed E-state index contributed by atoms with van der Waals surface area (Å²) in [7, 11) is 1.30. The van der Waals surface area contributed by atoms with E-state index < -0.39 is 18.9 Å². The Kier molecular flexibility index (Phi) is 3.13. The molecule has 1 aliphatic heterocycles. The number of anilines is 1. The molecule has 0 aromatic carbocycles. The number of nitrogens with zero attached hydrogens (tertiary/aromatic N) is 1. The van der Waals surface area contributed by atoms with E-state index in [4.69, 9.17) is 14.3 Å². The molecule has 2 heterocycles. The van der Waals surface area contributed by atoms with Gasteiger partial charge in [-0.25, -0.2) is 0 Å². The number of aliphatic hydroxyl groups is 2. The van der Waals surface area contributed by atoms with Crippen molar-refractivity contribution >= 4 is 11.8 Å². The number of carbonyl (C=O) groups is 1.